The molecule has 0 aromatic rings. The molecule has 54 heavy (non-hydrogen) atoms. The molecule has 3 unspecified atom stereocenters. The first-order valence-corrected chi connectivity index (χ1v) is 20.9. The average molecular weight is 884 g/mol. The fraction of sp³-hybridized carbons (Fsp3) is 0.867. The van der Waals surface area contributed by atoms with Gasteiger partial charge >= 0.3 is 0 Å². The van der Waals surface area contributed by atoms with Crippen LogP contribution in [0, 0.1) is 0 Å². The molecule has 0 aliphatic heterocycles. The molecule has 0 radical (unpaired) electrons. The zero-order valence-electron chi connectivity index (χ0n) is 50.0. The summed E-state index contributed by atoms with van der Waals surface area (Å²) in [4.78, 5) is 52.8. The fourth-order valence-corrected chi connectivity index (χ4v) is 0. The normalized spacial score (nSPS) is 3.52. The molecule has 0 saturated carbocycles. The summed E-state index contributed by atoms with van der Waals surface area (Å²) >= 11 is 0. The van der Waals surface area contributed by atoms with E-state index in [2.05, 4.69) is 0 Å². The zero-order valence-corrected chi connectivity index (χ0v) is 50.3. The van der Waals surface area contributed by atoms with Crippen LogP contribution >= 0.6 is 29.7 Å². The number of hydrogen-bond acceptors (Lipinski definition) is 6. The van der Waals surface area contributed by atoms with E-state index in [4.69, 9.17) is 34.7 Å². The summed E-state index contributed by atoms with van der Waals surface area (Å²) < 4.78 is 20.0. The molecule has 0 aliphatic rings. The number of carbonyl (C=O) groups excluding carboxylic acids is 6. The second kappa shape index (κ2) is 4880. The molecule has 376 valence electrons. The number of rotatable bonds is 0. The van der Waals surface area contributed by atoms with E-state index >= 15 is 0 Å². The van der Waals surface area contributed by atoms with Crippen molar-refractivity contribution >= 4 is 67.4 Å². The Kier molecular flexibility index (Phi) is 15400. The second-order valence-corrected chi connectivity index (χ2v) is 1.41. The van der Waals surface area contributed by atoms with Crippen molar-refractivity contribution in [1.82, 2.24) is 0 Å². The highest BCUT2D eigenvalue weighted by Crippen LogP contribution is 1.19. The van der Waals surface area contributed by atoms with Gasteiger partial charge in [0.15, 0.2) is 0 Å². The maximum absolute atomic E-state index is 8.81. The SMILES string of the molecule is C.CC.CC.CC.CC.CC.CC.CC.CC.CC.CC.CC.CC.CC.CC.CC.CC.CC=O.CC=O.CC=O.CC=O.CC=O.CC=O.P.P.P.[2HH].[2HH].[2HH].[2HH].[2H][2H].[2H][2H]. The number of carbonyl (C=O) groups is 6. The minimum Gasteiger partial charge on any atom is -0.304 e. The third kappa shape index (κ3) is 273000. The average Bonchev–Trinajstić information content (AvgIpc) is 3.32. The Hall–Kier alpha value is -0.690. The fourth-order valence-electron chi connectivity index (χ4n) is 0. The maximum atomic E-state index is 8.81. The highest BCUT2D eigenvalue weighted by atomic mass is 31.0. The van der Waals surface area contributed by atoms with E-state index in [1.54, 1.807) is 0 Å². The van der Waals surface area contributed by atoms with Crippen LogP contribution in [0.5, 0.6) is 0 Å². The topological polar surface area (TPSA) is 102 Å². The molecular formula is C45H145O6P3. The Labute approximate surface area is 377 Å². The van der Waals surface area contributed by atoms with Crippen LogP contribution in [-0.4, -0.2) is 37.7 Å². The van der Waals surface area contributed by atoms with Gasteiger partial charge in [-0.1, -0.05) is 229 Å². The summed E-state index contributed by atoms with van der Waals surface area (Å²) in [6, 6.07) is 0. The molecule has 9 heteroatoms. The molecule has 0 aliphatic carbocycles. The van der Waals surface area contributed by atoms with E-state index in [1.807, 2.05) is 222 Å². The van der Waals surface area contributed by atoms with Crippen LogP contribution in [0.3, 0.4) is 0 Å². The standard InChI is InChI=1S/6C2H4O.16C2H6.CH4.3H3P.6H2/c6*1-2-3;16*1-2;;;;;;;;;;/h6*2H,1H3;16*1-2H3;1H4;3*1H3;6*1H/i;;;;;;;;;;;;;;;;;;;;;;;;;;2*1+1D;4*1+1. The van der Waals surface area contributed by atoms with Crippen LogP contribution in [0.4, 0.5) is 0 Å². The first-order chi connectivity index (χ1) is 26.5. The van der Waals surface area contributed by atoms with Gasteiger partial charge in [0.1, 0.15) is 37.7 Å². The minimum atomic E-state index is 0. The largest absolute Gasteiger partial charge is 0.304 e. The second-order valence-electron chi connectivity index (χ2n) is 1.41. The van der Waals surface area contributed by atoms with Gasteiger partial charge in [-0.15, -0.1) is 0 Å². The van der Waals surface area contributed by atoms with Crippen molar-refractivity contribution in [2.24, 2.45) is 0 Å². The molecule has 0 fully saturated rings. The van der Waals surface area contributed by atoms with Crippen LogP contribution < -0.4 is 0 Å². The molecule has 0 rings (SSSR count). The van der Waals surface area contributed by atoms with Crippen LogP contribution in [0.25, 0.3) is 0 Å². The highest BCUT2D eigenvalue weighted by Gasteiger charge is 1.26. The van der Waals surface area contributed by atoms with Crippen LogP contribution in [0.2, 0.25) is 0 Å². The van der Waals surface area contributed by atoms with E-state index in [-0.39, 0.29) is 42.8 Å². The van der Waals surface area contributed by atoms with Gasteiger partial charge in [0.25, 0.3) is 0 Å². The Balaban J connectivity index is -0.00000000503. The molecule has 0 aromatic carbocycles. The summed E-state index contributed by atoms with van der Waals surface area (Å²) in [6.07, 6.45) is 4.50. The van der Waals surface area contributed by atoms with Gasteiger partial charge in [0.05, 0.1) is 0 Å². The Morgan fingerprint density at radius 1 is 0.204 bits per heavy atom. The molecule has 6 nitrogen and oxygen atoms in total. The third-order valence-electron chi connectivity index (χ3n) is 0. The van der Waals surface area contributed by atoms with Crippen molar-refractivity contribution < 1.29 is 40.4 Å². The Morgan fingerprint density at radius 3 is 0.204 bits per heavy atom. The summed E-state index contributed by atoms with van der Waals surface area (Å²) in [6.45, 7) is 72.7. The van der Waals surface area contributed by atoms with E-state index in [1.165, 1.54) is 41.5 Å². The monoisotopic (exact) mass is 883 g/mol. The van der Waals surface area contributed by atoms with Crippen molar-refractivity contribution in [3.8, 4) is 0 Å². The van der Waals surface area contributed by atoms with E-state index in [9.17, 15) is 0 Å². The molecule has 3 atom stereocenters. The first-order valence-electron chi connectivity index (χ1n) is 22.9. The van der Waals surface area contributed by atoms with Crippen LogP contribution in [0.15, 0.2) is 0 Å². The van der Waals surface area contributed by atoms with E-state index in [0.717, 1.165) is 37.7 Å². The van der Waals surface area contributed by atoms with Crippen LogP contribution in [0.1, 0.15) is 282 Å². The lowest BCUT2D eigenvalue weighted by Crippen LogP contribution is -1.36. The van der Waals surface area contributed by atoms with Gasteiger partial charge in [-0.05, 0) is 41.5 Å². The molecule has 0 N–H and O–H groups in total. The lowest BCUT2D eigenvalue weighted by atomic mass is 11.0. The first kappa shape index (κ1) is 170. The maximum Gasteiger partial charge on any atom is 0.116 e. The highest BCUT2D eigenvalue weighted by molar-refractivity contribution is 6.92. The molecule has 0 bridgehead atoms. The van der Waals surface area contributed by atoms with Gasteiger partial charge in [-0.25, -0.2) is 0 Å². The Bertz CT molecular complexity index is 169. The molecule has 0 aromatic heterocycles. The quantitative estimate of drug-likeness (QED) is 0.177. The van der Waals surface area contributed by atoms with Crippen molar-refractivity contribution in [1.29, 1.82) is 0 Å². The van der Waals surface area contributed by atoms with Gasteiger partial charge < -0.3 is 28.8 Å². The van der Waals surface area contributed by atoms with Gasteiger partial charge in [-0.2, -0.15) is 29.7 Å². The van der Waals surface area contributed by atoms with E-state index in [0.29, 0.717) is 0 Å². The Morgan fingerprint density at radius 2 is 0.204 bits per heavy atom. The number of hydrogen-bond donors (Lipinski definition) is 0. The van der Waals surface area contributed by atoms with Gasteiger partial charge in [-0.3, -0.25) is 0 Å². The summed E-state index contributed by atoms with van der Waals surface area (Å²) in [5.41, 5.74) is 0. The summed E-state index contributed by atoms with van der Waals surface area (Å²) in [5, 5.41) is 0. The van der Waals surface area contributed by atoms with Crippen molar-refractivity contribution in [3.63, 3.8) is 0 Å². The molecule has 0 amide bonds. The number of aldehydes is 6. The predicted octanol–water partition coefficient (Wildman–Crippen LogP) is 19.9. The minimum absolute atomic E-state index is 0. The molecule has 0 spiro atoms. The van der Waals surface area contributed by atoms with Crippen LogP contribution in [-0.2, 0) is 28.8 Å². The third-order valence-corrected chi connectivity index (χ3v) is 0. The summed E-state index contributed by atoms with van der Waals surface area (Å²) in [7, 11) is 0. The van der Waals surface area contributed by atoms with Crippen molar-refractivity contribution in [2.45, 2.75) is 271 Å². The van der Waals surface area contributed by atoms with Crippen molar-refractivity contribution in [2.75, 3.05) is 0 Å². The van der Waals surface area contributed by atoms with E-state index < -0.39 is 0 Å². The lowest BCUT2D eigenvalue weighted by molar-refractivity contribution is -0.106. The lowest BCUT2D eigenvalue weighted by Gasteiger charge is -1.24. The zero-order chi connectivity index (χ0) is 52.2. The molecular weight excluding hydrogens is 729 g/mol. The molecule has 0 saturated heterocycles. The summed E-state index contributed by atoms with van der Waals surface area (Å²) in [5.74, 6) is 0. The molecule has 0 heterocycles. The smallest absolute Gasteiger partial charge is 0.116 e. The van der Waals surface area contributed by atoms with Gasteiger partial charge in [0.2, 0.25) is 0 Å². The van der Waals surface area contributed by atoms with Crippen molar-refractivity contribution in [3.05, 3.63) is 0 Å². The predicted molar refractivity (Wildman–Crippen MR) is 305 cm³/mol. The van der Waals surface area contributed by atoms with Gasteiger partial charge in [0, 0.05) is 11.6 Å².